The van der Waals surface area contributed by atoms with Crippen LogP contribution in [0.1, 0.15) is 11.7 Å². The Balaban J connectivity index is 1.79. The zero-order valence-corrected chi connectivity index (χ0v) is 11.0. The van der Waals surface area contributed by atoms with Crippen molar-refractivity contribution in [1.29, 1.82) is 0 Å². The fourth-order valence-electron chi connectivity index (χ4n) is 2.66. The van der Waals surface area contributed by atoms with E-state index in [4.69, 9.17) is 4.74 Å². The van der Waals surface area contributed by atoms with Crippen molar-refractivity contribution in [1.82, 2.24) is 10.9 Å². The van der Waals surface area contributed by atoms with Gasteiger partial charge in [-0.1, -0.05) is 30.3 Å². The third-order valence-electron chi connectivity index (χ3n) is 3.84. The average molecular weight is 294 g/mol. The fraction of sp³-hybridized carbons (Fsp3) is 0.429. The fourth-order valence-corrected chi connectivity index (χ4v) is 2.66. The van der Waals surface area contributed by atoms with Crippen molar-refractivity contribution in [2.24, 2.45) is 5.92 Å². The van der Waals surface area contributed by atoms with Crippen LogP contribution in [0.4, 0.5) is 4.39 Å². The molecule has 0 aromatic heterocycles. The number of cyclic esters (lactones) is 1. The van der Waals surface area contributed by atoms with Gasteiger partial charge in [-0.15, -0.1) is 0 Å². The number of hydrogen-bond donors (Lipinski definition) is 3. The van der Waals surface area contributed by atoms with Crippen molar-refractivity contribution in [3.63, 3.8) is 0 Å². The molecule has 3 rings (SSSR count). The van der Waals surface area contributed by atoms with E-state index in [0.29, 0.717) is 0 Å². The number of ketones is 1. The van der Waals surface area contributed by atoms with E-state index in [0.717, 1.165) is 0 Å². The highest BCUT2D eigenvalue weighted by Crippen LogP contribution is 2.29. The Labute approximate surface area is 120 Å². The smallest absolute Gasteiger partial charge is 0.313 e. The van der Waals surface area contributed by atoms with Crippen molar-refractivity contribution in [3.05, 3.63) is 35.9 Å². The van der Waals surface area contributed by atoms with E-state index < -0.39 is 42.1 Å². The minimum Gasteiger partial charge on any atom is -0.451 e. The van der Waals surface area contributed by atoms with Crippen molar-refractivity contribution in [2.75, 3.05) is 6.54 Å². The lowest BCUT2D eigenvalue weighted by molar-refractivity contribution is -0.177. The lowest BCUT2D eigenvalue weighted by Crippen LogP contribution is -2.56. The Kier molecular flexibility index (Phi) is 3.71. The maximum atomic E-state index is 14.3. The molecule has 1 aromatic rings. The molecule has 2 aliphatic heterocycles. The molecule has 1 aromatic carbocycles. The highest BCUT2D eigenvalue weighted by Gasteiger charge is 2.51. The summed E-state index contributed by atoms with van der Waals surface area (Å²) in [4.78, 5) is 24.0. The minimum absolute atomic E-state index is 0.230. The molecule has 0 aliphatic carbocycles. The number of aliphatic hydroxyl groups excluding tert-OH is 1. The van der Waals surface area contributed by atoms with Crippen LogP contribution in [0.3, 0.4) is 0 Å². The second-order valence-corrected chi connectivity index (χ2v) is 5.17. The summed E-state index contributed by atoms with van der Waals surface area (Å²) in [6, 6.07) is 7.19. The summed E-state index contributed by atoms with van der Waals surface area (Å²) < 4.78 is 19.3. The Hall–Kier alpha value is -1.83. The Morgan fingerprint density at radius 1 is 1.29 bits per heavy atom. The number of ether oxygens (including phenoxy) is 1. The molecular weight excluding hydrogens is 279 g/mol. The van der Waals surface area contributed by atoms with Crippen LogP contribution in [0.15, 0.2) is 30.3 Å². The summed E-state index contributed by atoms with van der Waals surface area (Å²) in [6.07, 6.45) is -5.03. The predicted octanol–water partition coefficient (Wildman–Crippen LogP) is -0.355. The van der Waals surface area contributed by atoms with Crippen LogP contribution in [0, 0.1) is 5.92 Å². The highest BCUT2D eigenvalue weighted by atomic mass is 19.1. The molecule has 0 bridgehead atoms. The van der Waals surface area contributed by atoms with Crippen molar-refractivity contribution in [2.45, 2.75) is 24.4 Å². The molecule has 2 aliphatic rings. The number of esters is 1. The predicted molar refractivity (Wildman–Crippen MR) is 69.6 cm³/mol. The van der Waals surface area contributed by atoms with E-state index in [-0.39, 0.29) is 12.1 Å². The standard InChI is InChI=1S/C14H15FN2O4/c15-9(7-4-2-1-3-5-7)11(18)13-12(19)10-8(6-16-17-10)14(20)21-13/h1-5,8-11,13,16-18H,6H2. The van der Waals surface area contributed by atoms with Gasteiger partial charge in [-0.2, -0.15) is 0 Å². The molecule has 0 radical (unpaired) electrons. The molecule has 5 atom stereocenters. The van der Waals surface area contributed by atoms with E-state index in [9.17, 15) is 19.1 Å². The normalized spacial score (nSPS) is 31.4. The molecule has 2 heterocycles. The number of fused-ring (bicyclic) bond motifs is 1. The molecule has 0 saturated carbocycles. The van der Waals surface area contributed by atoms with Gasteiger partial charge in [0.25, 0.3) is 0 Å². The third-order valence-corrected chi connectivity index (χ3v) is 3.84. The first-order valence-corrected chi connectivity index (χ1v) is 6.69. The first kappa shape index (κ1) is 14.1. The van der Waals surface area contributed by atoms with Gasteiger partial charge in [0.05, 0.1) is 12.0 Å². The number of benzene rings is 1. The van der Waals surface area contributed by atoms with Crippen molar-refractivity contribution in [3.8, 4) is 0 Å². The van der Waals surface area contributed by atoms with Crippen LogP contribution >= 0.6 is 0 Å². The Morgan fingerprint density at radius 2 is 2.00 bits per heavy atom. The average Bonchev–Trinajstić information content (AvgIpc) is 3.01. The zero-order chi connectivity index (χ0) is 15.0. The maximum absolute atomic E-state index is 14.3. The summed E-state index contributed by atoms with van der Waals surface area (Å²) >= 11 is 0. The first-order valence-electron chi connectivity index (χ1n) is 6.69. The van der Waals surface area contributed by atoms with E-state index in [2.05, 4.69) is 10.9 Å². The molecule has 2 fully saturated rings. The van der Waals surface area contributed by atoms with Gasteiger partial charge in [-0.3, -0.25) is 15.0 Å². The molecule has 3 N–H and O–H groups in total. The number of rotatable bonds is 3. The second kappa shape index (κ2) is 5.51. The number of halogens is 1. The minimum atomic E-state index is -1.81. The molecular formula is C14H15FN2O4. The molecule has 2 saturated heterocycles. The van der Waals surface area contributed by atoms with Gasteiger partial charge < -0.3 is 9.84 Å². The van der Waals surface area contributed by atoms with Crippen LogP contribution in [-0.2, 0) is 14.3 Å². The zero-order valence-electron chi connectivity index (χ0n) is 11.0. The lowest BCUT2D eigenvalue weighted by Gasteiger charge is -2.32. The molecule has 6 nitrogen and oxygen atoms in total. The van der Waals surface area contributed by atoms with Gasteiger partial charge in [-0.25, -0.2) is 9.82 Å². The number of hydrazine groups is 1. The van der Waals surface area contributed by atoms with Gasteiger partial charge >= 0.3 is 5.97 Å². The number of aliphatic hydroxyl groups is 1. The maximum Gasteiger partial charge on any atom is 0.313 e. The highest BCUT2D eigenvalue weighted by molar-refractivity contribution is 5.98. The van der Waals surface area contributed by atoms with Crippen molar-refractivity contribution < 1.29 is 23.8 Å². The van der Waals surface area contributed by atoms with E-state index >= 15 is 0 Å². The number of nitrogens with one attached hydrogen (secondary N) is 2. The third kappa shape index (κ3) is 2.44. The molecule has 5 unspecified atom stereocenters. The first-order chi connectivity index (χ1) is 10.1. The Morgan fingerprint density at radius 3 is 2.71 bits per heavy atom. The summed E-state index contributed by atoms with van der Waals surface area (Å²) in [5.74, 6) is -1.76. The number of alkyl halides is 1. The number of hydrogen-bond acceptors (Lipinski definition) is 6. The summed E-state index contributed by atoms with van der Waals surface area (Å²) in [5.41, 5.74) is 5.60. The summed E-state index contributed by atoms with van der Waals surface area (Å²) in [7, 11) is 0. The summed E-state index contributed by atoms with van der Waals surface area (Å²) in [5, 5.41) is 10.1. The molecule has 0 spiro atoms. The lowest BCUT2D eigenvalue weighted by atomic mass is 9.88. The van der Waals surface area contributed by atoms with Crippen LogP contribution in [0.2, 0.25) is 0 Å². The van der Waals surface area contributed by atoms with Crippen LogP contribution < -0.4 is 10.9 Å². The topological polar surface area (TPSA) is 87.7 Å². The Bertz CT molecular complexity index is 553. The van der Waals surface area contributed by atoms with E-state index in [1.54, 1.807) is 18.2 Å². The van der Waals surface area contributed by atoms with Gasteiger partial charge in [0.2, 0.25) is 0 Å². The quantitative estimate of drug-likeness (QED) is 0.660. The van der Waals surface area contributed by atoms with Gasteiger partial charge in [0.1, 0.15) is 6.10 Å². The number of carbonyl (C=O) groups excluding carboxylic acids is 2. The summed E-state index contributed by atoms with van der Waals surface area (Å²) in [6.45, 7) is 0.274. The number of carbonyl (C=O) groups is 2. The molecule has 21 heavy (non-hydrogen) atoms. The molecule has 7 heteroatoms. The monoisotopic (exact) mass is 294 g/mol. The van der Waals surface area contributed by atoms with Crippen LogP contribution in [-0.4, -0.2) is 41.7 Å². The largest absolute Gasteiger partial charge is 0.451 e. The van der Waals surface area contributed by atoms with E-state index in [1.165, 1.54) is 12.1 Å². The molecule has 112 valence electrons. The number of Topliss-reactive ketones (excluding diaryl/α,β-unsaturated/α-hetero) is 1. The van der Waals surface area contributed by atoms with Gasteiger partial charge in [-0.05, 0) is 5.56 Å². The van der Waals surface area contributed by atoms with Crippen LogP contribution in [0.5, 0.6) is 0 Å². The SMILES string of the molecule is O=C1OC(C(O)C(F)c2ccccc2)C(=O)C2NNCC12. The molecule has 0 amide bonds. The van der Waals surface area contributed by atoms with Gasteiger partial charge in [0.15, 0.2) is 18.1 Å². The van der Waals surface area contributed by atoms with Gasteiger partial charge in [0, 0.05) is 6.54 Å². The van der Waals surface area contributed by atoms with Crippen LogP contribution in [0.25, 0.3) is 0 Å². The second-order valence-electron chi connectivity index (χ2n) is 5.17. The van der Waals surface area contributed by atoms with E-state index in [1.807, 2.05) is 0 Å². The van der Waals surface area contributed by atoms with Crippen molar-refractivity contribution >= 4 is 11.8 Å².